The summed E-state index contributed by atoms with van der Waals surface area (Å²) in [5.41, 5.74) is 2.70. The van der Waals surface area contributed by atoms with Crippen LogP contribution in [0, 0.1) is 12.7 Å². The molecular formula is C15H13Br2FO. The van der Waals surface area contributed by atoms with Crippen molar-refractivity contribution in [2.45, 2.75) is 11.8 Å². The van der Waals surface area contributed by atoms with Gasteiger partial charge in [0.05, 0.1) is 16.4 Å². The summed E-state index contributed by atoms with van der Waals surface area (Å²) >= 11 is 6.79. The zero-order chi connectivity index (χ0) is 14.0. The van der Waals surface area contributed by atoms with Gasteiger partial charge in [0.2, 0.25) is 0 Å². The van der Waals surface area contributed by atoms with E-state index in [1.54, 1.807) is 19.2 Å². The highest BCUT2D eigenvalue weighted by molar-refractivity contribution is 9.10. The van der Waals surface area contributed by atoms with E-state index >= 15 is 0 Å². The Labute approximate surface area is 129 Å². The fraction of sp³-hybridized carbons (Fsp3) is 0.200. The molecule has 0 radical (unpaired) electrons. The number of methoxy groups -OCH3 is 1. The molecule has 0 aliphatic carbocycles. The molecule has 0 aliphatic rings. The summed E-state index contributed by atoms with van der Waals surface area (Å²) in [4.78, 5) is -0.184. The zero-order valence-electron chi connectivity index (χ0n) is 10.6. The summed E-state index contributed by atoms with van der Waals surface area (Å²) in [6, 6.07) is 11.1. The van der Waals surface area contributed by atoms with Crippen LogP contribution in [0.5, 0.6) is 5.75 Å². The van der Waals surface area contributed by atoms with Crippen molar-refractivity contribution in [3.63, 3.8) is 0 Å². The van der Waals surface area contributed by atoms with Gasteiger partial charge in [0.25, 0.3) is 0 Å². The number of hydrogen-bond donors (Lipinski definition) is 0. The minimum atomic E-state index is -0.236. The van der Waals surface area contributed by atoms with Gasteiger partial charge in [-0.05, 0) is 52.2 Å². The van der Waals surface area contributed by atoms with Crippen molar-refractivity contribution in [3.8, 4) is 5.75 Å². The van der Waals surface area contributed by atoms with Crippen LogP contribution in [0.15, 0.2) is 40.9 Å². The van der Waals surface area contributed by atoms with Gasteiger partial charge in [0.1, 0.15) is 11.6 Å². The third-order valence-electron chi connectivity index (χ3n) is 3.00. The maximum absolute atomic E-state index is 14.1. The Morgan fingerprint density at radius 3 is 2.53 bits per heavy atom. The summed E-state index contributed by atoms with van der Waals surface area (Å²) in [5, 5.41) is 0. The second-order valence-electron chi connectivity index (χ2n) is 4.23. The van der Waals surface area contributed by atoms with E-state index in [-0.39, 0.29) is 10.6 Å². The highest BCUT2D eigenvalue weighted by Crippen LogP contribution is 2.37. The van der Waals surface area contributed by atoms with Gasteiger partial charge in [0, 0.05) is 5.56 Å². The van der Waals surface area contributed by atoms with Crippen molar-refractivity contribution in [1.82, 2.24) is 0 Å². The molecule has 1 nitrogen and oxygen atoms in total. The van der Waals surface area contributed by atoms with Crippen LogP contribution in [0.25, 0.3) is 0 Å². The maximum atomic E-state index is 14.1. The molecule has 0 aromatic heterocycles. The normalized spacial score (nSPS) is 12.3. The molecule has 0 N–H and O–H groups in total. The second-order valence-corrected chi connectivity index (χ2v) is 6.00. The molecule has 4 heteroatoms. The van der Waals surface area contributed by atoms with Crippen molar-refractivity contribution < 1.29 is 9.13 Å². The van der Waals surface area contributed by atoms with Crippen LogP contribution in [0.2, 0.25) is 0 Å². The average Bonchev–Trinajstić information content (AvgIpc) is 2.41. The SMILES string of the molecule is COc1ccc(C(Br)c2cccc(Br)c2F)c(C)c1. The first-order valence-corrected chi connectivity index (χ1v) is 7.48. The number of benzene rings is 2. The van der Waals surface area contributed by atoms with E-state index in [1.807, 2.05) is 31.2 Å². The van der Waals surface area contributed by atoms with E-state index in [9.17, 15) is 4.39 Å². The molecule has 0 aliphatic heterocycles. The van der Waals surface area contributed by atoms with Crippen LogP contribution in [0.3, 0.4) is 0 Å². The third kappa shape index (κ3) is 3.00. The van der Waals surface area contributed by atoms with Crippen molar-refractivity contribution in [3.05, 3.63) is 63.4 Å². The standard InChI is InChI=1S/C15H13Br2FO/c1-9-8-10(19-2)6-7-11(9)14(17)12-4-3-5-13(16)15(12)18/h3-8,14H,1-2H3. The predicted octanol–water partition coefficient (Wildman–Crippen LogP) is 5.39. The lowest BCUT2D eigenvalue weighted by Crippen LogP contribution is -2.00. The Morgan fingerprint density at radius 1 is 1.16 bits per heavy atom. The molecule has 100 valence electrons. The summed E-state index contributed by atoms with van der Waals surface area (Å²) in [6.45, 7) is 1.99. The number of hydrogen-bond acceptors (Lipinski definition) is 1. The Morgan fingerprint density at radius 2 is 1.89 bits per heavy atom. The summed E-state index contributed by atoms with van der Waals surface area (Å²) in [5.74, 6) is 0.565. The van der Waals surface area contributed by atoms with Crippen LogP contribution in [0.1, 0.15) is 21.5 Å². The van der Waals surface area contributed by atoms with Crippen LogP contribution < -0.4 is 4.74 Å². The molecular weight excluding hydrogens is 375 g/mol. The van der Waals surface area contributed by atoms with Gasteiger partial charge in [-0.15, -0.1) is 0 Å². The van der Waals surface area contributed by atoms with Gasteiger partial charge in [-0.1, -0.05) is 34.1 Å². The Hall–Kier alpha value is -0.870. The second kappa shape index (κ2) is 6.06. The summed E-state index contributed by atoms with van der Waals surface area (Å²) in [6.07, 6.45) is 0. The van der Waals surface area contributed by atoms with E-state index in [1.165, 1.54) is 0 Å². The van der Waals surface area contributed by atoms with Gasteiger partial charge < -0.3 is 4.74 Å². The van der Waals surface area contributed by atoms with E-state index in [0.29, 0.717) is 10.0 Å². The van der Waals surface area contributed by atoms with Gasteiger partial charge in [-0.3, -0.25) is 0 Å². The quantitative estimate of drug-likeness (QED) is 0.641. The topological polar surface area (TPSA) is 9.23 Å². The minimum Gasteiger partial charge on any atom is -0.497 e. The first-order chi connectivity index (χ1) is 9.04. The smallest absolute Gasteiger partial charge is 0.142 e. The van der Waals surface area contributed by atoms with Gasteiger partial charge in [-0.25, -0.2) is 4.39 Å². The maximum Gasteiger partial charge on any atom is 0.142 e. The van der Waals surface area contributed by atoms with Crippen molar-refractivity contribution in [1.29, 1.82) is 0 Å². The molecule has 2 aromatic carbocycles. The van der Waals surface area contributed by atoms with E-state index in [4.69, 9.17) is 4.74 Å². The third-order valence-corrected chi connectivity index (χ3v) is 4.60. The predicted molar refractivity (Wildman–Crippen MR) is 82.6 cm³/mol. The van der Waals surface area contributed by atoms with E-state index in [0.717, 1.165) is 16.9 Å². The highest BCUT2D eigenvalue weighted by Gasteiger charge is 2.18. The fourth-order valence-corrected chi connectivity index (χ4v) is 3.19. The number of alkyl halides is 1. The molecule has 0 bridgehead atoms. The Bertz CT molecular complexity index is 599. The molecule has 0 amide bonds. The first kappa shape index (κ1) is 14.5. The van der Waals surface area contributed by atoms with Gasteiger partial charge >= 0.3 is 0 Å². The van der Waals surface area contributed by atoms with Gasteiger partial charge in [0.15, 0.2) is 0 Å². The van der Waals surface area contributed by atoms with Crippen LogP contribution in [0.4, 0.5) is 4.39 Å². The molecule has 0 heterocycles. The molecule has 0 fully saturated rings. The Kier molecular flexibility index (Phi) is 4.63. The number of rotatable bonds is 3. The van der Waals surface area contributed by atoms with Crippen molar-refractivity contribution >= 4 is 31.9 Å². The number of ether oxygens (including phenoxy) is 1. The molecule has 1 unspecified atom stereocenters. The summed E-state index contributed by atoms with van der Waals surface area (Å²) < 4.78 is 19.8. The number of halogens is 3. The highest BCUT2D eigenvalue weighted by atomic mass is 79.9. The molecule has 0 saturated heterocycles. The van der Waals surface area contributed by atoms with Crippen LogP contribution in [-0.4, -0.2) is 7.11 Å². The average molecular weight is 388 g/mol. The first-order valence-electron chi connectivity index (χ1n) is 5.77. The van der Waals surface area contributed by atoms with Crippen molar-refractivity contribution in [2.24, 2.45) is 0 Å². The van der Waals surface area contributed by atoms with Crippen LogP contribution in [-0.2, 0) is 0 Å². The minimum absolute atomic E-state index is 0.184. The molecule has 1 atom stereocenters. The lowest BCUT2D eigenvalue weighted by Gasteiger charge is -2.15. The molecule has 0 spiro atoms. The van der Waals surface area contributed by atoms with E-state index in [2.05, 4.69) is 31.9 Å². The molecule has 2 rings (SSSR count). The zero-order valence-corrected chi connectivity index (χ0v) is 13.8. The van der Waals surface area contributed by atoms with Crippen LogP contribution >= 0.6 is 31.9 Å². The lowest BCUT2D eigenvalue weighted by molar-refractivity contribution is 0.414. The molecule has 0 saturated carbocycles. The summed E-state index contributed by atoms with van der Waals surface area (Å²) in [7, 11) is 1.63. The largest absolute Gasteiger partial charge is 0.497 e. The monoisotopic (exact) mass is 386 g/mol. The molecule has 2 aromatic rings. The molecule has 19 heavy (non-hydrogen) atoms. The fourth-order valence-electron chi connectivity index (χ4n) is 1.94. The Balaban J connectivity index is 2.44. The van der Waals surface area contributed by atoms with Gasteiger partial charge in [-0.2, -0.15) is 0 Å². The number of aryl methyl sites for hydroxylation is 1. The lowest BCUT2D eigenvalue weighted by atomic mass is 10.00. The van der Waals surface area contributed by atoms with E-state index < -0.39 is 0 Å². The van der Waals surface area contributed by atoms with Crippen molar-refractivity contribution in [2.75, 3.05) is 7.11 Å².